The standard InChI is InChI=1S/C21H21N3O3/c1-3-18(21(26)22-17-11-7-8-12-19(17)27-2)24-20(25)14-13-16(23-24)15-9-5-4-6-10-15/h4-14,18H,3H2,1-2H3,(H,22,26)/t18-/m0/s1. The number of amides is 1. The van der Waals surface area contributed by atoms with Gasteiger partial charge in [0.1, 0.15) is 11.8 Å². The maximum atomic E-state index is 12.8. The highest BCUT2D eigenvalue weighted by molar-refractivity contribution is 5.95. The third kappa shape index (κ3) is 4.06. The lowest BCUT2D eigenvalue weighted by Crippen LogP contribution is -2.34. The average molecular weight is 363 g/mol. The monoisotopic (exact) mass is 363 g/mol. The first-order valence-electron chi connectivity index (χ1n) is 8.73. The summed E-state index contributed by atoms with van der Waals surface area (Å²) in [5.41, 5.74) is 1.75. The topological polar surface area (TPSA) is 73.2 Å². The van der Waals surface area contributed by atoms with E-state index in [0.29, 0.717) is 23.6 Å². The molecule has 0 fully saturated rings. The Morgan fingerprint density at radius 2 is 1.78 bits per heavy atom. The van der Waals surface area contributed by atoms with Gasteiger partial charge in [0.15, 0.2) is 0 Å². The minimum absolute atomic E-state index is 0.318. The number of hydrogen-bond acceptors (Lipinski definition) is 4. The number of nitrogens with zero attached hydrogens (tertiary/aromatic N) is 2. The number of carbonyl (C=O) groups is 1. The lowest BCUT2D eigenvalue weighted by atomic mass is 10.1. The van der Waals surface area contributed by atoms with Crippen LogP contribution in [-0.4, -0.2) is 22.8 Å². The Morgan fingerprint density at radius 3 is 2.48 bits per heavy atom. The number of para-hydroxylation sites is 2. The van der Waals surface area contributed by atoms with Crippen LogP contribution in [0.5, 0.6) is 5.75 Å². The predicted octanol–water partition coefficient (Wildman–Crippen LogP) is 3.51. The molecule has 3 rings (SSSR count). The van der Waals surface area contributed by atoms with Gasteiger partial charge in [-0.3, -0.25) is 9.59 Å². The average Bonchev–Trinajstić information content (AvgIpc) is 2.71. The highest BCUT2D eigenvalue weighted by Crippen LogP contribution is 2.24. The van der Waals surface area contributed by atoms with Crippen molar-refractivity contribution in [3.63, 3.8) is 0 Å². The zero-order valence-corrected chi connectivity index (χ0v) is 15.3. The molecule has 1 aromatic heterocycles. The van der Waals surface area contributed by atoms with Crippen molar-refractivity contribution >= 4 is 11.6 Å². The van der Waals surface area contributed by atoms with Gasteiger partial charge in [-0.25, -0.2) is 4.68 Å². The molecule has 27 heavy (non-hydrogen) atoms. The Kier molecular flexibility index (Phi) is 5.66. The lowest BCUT2D eigenvalue weighted by molar-refractivity contribution is -0.119. The Hall–Kier alpha value is -3.41. The molecule has 0 bridgehead atoms. The van der Waals surface area contributed by atoms with Crippen LogP contribution in [0.4, 0.5) is 5.69 Å². The number of hydrogen-bond donors (Lipinski definition) is 1. The number of methoxy groups -OCH3 is 1. The molecule has 6 heteroatoms. The normalized spacial score (nSPS) is 11.6. The first-order valence-corrected chi connectivity index (χ1v) is 8.73. The largest absolute Gasteiger partial charge is 0.495 e. The van der Waals surface area contributed by atoms with Crippen LogP contribution < -0.4 is 15.6 Å². The van der Waals surface area contributed by atoms with Gasteiger partial charge in [-0.15, -0.1) is 0 Å². The molecule has 0 aliphatic rings. The van der Waals surface area contributed by atoms with Crippen LogP contribution in [0.1, 0.15) is 19.4 Å². The van der Waals surface area contributed by atoms with E-state index in [2.05, 4.69) is 10.4 Å². The third-order valence-electron chi connectivity index (χ3n) is 4.24. The lowest BCUT2D eigenvalue weighted by Gasteiger charge is -2.18. The van der Waals surface area contributed by atoms with Crippen molar-refractivity contribution in [1.29, 1.82) is 0 Å². The molecule has 1 amide bonds. The number of rotatable bonds is 6. The molecule has 138 valence electrons. The molecule has 3 aromatic rings. The number of aromatic nitrogens is 2. The smallest absolute Gasteiger partial charge is 0.267 e. The Balaban J connectivity index is 1.93. The minimum atomic E-state index is -0.730. The van der Waals surface area contributed by atoms with E-state index < -0.39 is 6.04 Å². The molecule has 0 aliphatic heterocycles. The highest BCUT2D eigenvalue weighted by atomic mass is 16.5. The second-order valence-electron chi connectivity index (χ2n) is 5.98. The fourth-order valence-corrected chi connectivity index (χ4v) is 2.84. The maximum absolute atomic E-state index is 12.8. The highest BCUT2D eigenvalue weighted by Gasteiger charge is 2.22. The zero-order chi connectivity index (χ0) is 19.2. The van der Waals surface area contributed by atoms with Gasteiger partial charge in [0.2, 0.25) is 5.91 Å². The van der Waals surface area contributed by atoms with Crippen molar-refractivity contribution in [3.8, 4) is 17.0 Å². The first kappa shape index (κ1) is 18.4. The zero-order valence-electron chi connectivity index (χ0n) is 15.3. The van der Waals surface area contributed by atoms with Gasteiger partial charge in [-0.05, 0) is 24.6 Å². The van der Waals surface area contributed by atoms with Crippen molar-refractivity contribution in [2.24, 2.45) is 0 Å². The summed E-state index contributed by atoms with van der Waals surface area (Å²) >= 11 is 0. The van der Waals surface area contributed by atoms with Crippen LogP contribution in [-0.2, 0) is 4.79 Å². The molecular weight excluding hydrogens is 342 g/mol. The molecule has 0 saturated heterocycles. The van der Waals surface area contributed by atoms with Gasteiger partial charge in [-0.2, -0.15) is 5.10 Å². The second kappa shape index (κ2) is 8.31. The fourth-order valence-electron chi connectivity index (χ4n) is 2.84. The molecule has 2 aromatic carbocycles. The summed E-state index contributed by atoms with van der Waals surface area (Å²) in [6.07, 6.45) is 0.423. The van der Waals surface area contributed by atoms with Gasteiger partial charge < -0.3 is 10.1 Å². The van der Waals surface area contributed by atoms with Gasteiger partial charge in [0, 0.05) is 11.6 Å². The molecule has 0 unspecified atom stereocenters. The van der Waals surface area contributed by atoms with E-state index in [1.54, 1.807) is 24.3 Å². The van der Waals surface area contributed by atoms with Gasteiger partial charge in [0.05, 0.1) is 18.5 Å². The number of nitrogens with one attached hydrogen (secondary N) is 1. The van der Waals surface area contributed by atoms with Crippen molar-refractivity contribution in [2.45, 2.75) is 19.4 Å². The minimum Gasteiger partial charge on any atom is -0.495 e. The van der Waals surface area contributed by atoms with Gasteiger partial charge in [0.25, 0.3) is 5.56 Å². The van der Waals surface area contributed by atoms with E-state index >= 15 is 0 Å². The van der Waals surface area contributed by atoms with Crippen molar-refractivity contribution < 1.29 is 9.53 Å². The molecule has 0 spiro atoms. The number of ether oxygens (including phenoxy) is 1. The summed E-state index contributed by atoms with van der Waals surface area (Å²) in [5, 5.41) is 7.26. The van der Waals surface area contributed by atoms with Gasteiger partial charge >= 0.3 is 0 Å². The summed E-state index contributed by atoms with van der Waals surface area (Å²) in [6, 6.07) is 19.0. The third-order valence-corrected chi connectivity index (χ3v) is 4.24. The maximum Gasteiger partial charge on any atom is 0.267 e. The van der Waals surface area contributed by atoms with Crippen molar-refractivity contribution in [2.75, 3.05) is 12.4 Å². The molecular formula is C21H21N3O3. The summed E-state index contributed by atoms with van der Waals surface area (Å²) in [7, 11) is 1.54. The van der Waals surface area contributed by atoms with E-state index in [1.807, 2.05) is 43.3 Å². The molecule has 0 radical (unpaired) electrons. The summed E-state index contributed by atoms with van der Waals surface area (Å²) in [6.45, 7) is 1.84. The Labute approximate surface area is 157 Å². The first-order chi connectivity index (χ1) is 13.1. The number of benzene rings is 2. The number of carbonyl (C=O) groups excluding carboxylic acids is 1. The summed E-state index contributed by atoms with van der Waals surface area (Å²) in [5.74, 6) is 0.237. The molecule has 6 nitrogen and oxygen atoms in total. The molecule has 0 saturated carbocycles. The summed E-state index contributed by atoms with van der Waals surface area (Å²) in [4.78, 5) is 25.2. The van der Waals surface area contributed by atoms with Crippen LogP contribution in [0.25, 0.3) is 11.3 Å². The van der Waals surface area contributed by atoms with Crippen LogP contribution in [0.2, 0.25) is 0 Å². The SMILES string of the molecule is CC[C@@H](C(=O)Nc1ccccc1OC)n1nc(-c2ccccc2)ccc1=O. The molecule has 1 heterocycles. The van der Waals surface area contributed by atoms with Crippen LogP contribution in [0.15, 0.2) is 71.5 Å². The van der Waals surface area contributed by atoms with Gasteiger partial charge in [-0.1, -0.05) is 49.4 Å². The fraction of sp³-hybridized carbons (Fsp3) is 0.190. The predicted molar refractivity (Wildman–Crippen MR) is 105 cm³/mol. The quantitative estimate of drug-likeness (QED) is 0.727. The Morgan fingerprint density at radius 1 is 1.07 bits per heavy atom. The molecule has 0 aliphatic carbocycles. The van der Waals surface area contributed by atoms with Crippen molar-refractivity contribution in [1.82, 2.24) is 9.78 Å². The van der Waals surface area contributed by atoms with E-state index in [-0.39, 0.29) is 11.5 Å². The molecule has 1 atom stereocenters. The second-order valence-corrected chi connectivity index (χ2v) is 5.98. The van der Waals surface area contributed by atoms with Crippen LogP contribution in [0.3, 0.4) is 0 Å². The number of anilines is 1. The van der Waals surface area contributed by atoms with E-state index in [1.165, 1.54) is 17.9 Å². The summed E-state index contributed by atoms with van der Waals surface area (Å²) < 4.78 is 6.51. The Bertz CT molecular complexity index is 983. The van der Waals surface area contributed by atoms with Crippen molar-refractivity contribution in [3.05, 3.63) is 77.1 Å². The van der Waals surface area contributed by atoms with E-state index in [0.717, 1.165) is 5.56 Å². The molecule has 1 N–H and O–H groups in total. The van der Waals surface area contributed by atoms with Crippen LogP contribution in [0, 0.1) is 0 Å². The van der Waals surface area contributed by atoms with E-state index in [4.69, 9.17) is 4.74 Å². The van der Waals surface area contributed by atoms with Crippen LogP contribution >= 0.6 is 0 Å². The van der Waals surface area contributed by atoms with E-state index in [9.17, 15) is 9.59 Å².